The van der Waals surface area contributed by atoms with Gasteiger partial charge in [0.05, 0.1) is 17.9 Å². The number of hydrogen-bond acceptors (Lipinski definition) is 6. The number of anilines is 1. The Bertz CT molecular complexity index is 733. The molecule has 0 spiro atoms. The van der Waals surface area contributed by atoms with Crippen molar-refractivity contribution in [3.8, 4) is 0 Å². The van der Waals surface area contributed by atoms with Crippen LogP contribution in [-0.4, -0.2) is 36.8 Å². The molecule has 0 radical (unpaired) electrons. The van der Waals surface area contributed by atoms with Gasteiger partial charge in [-0.3, -0.25) is 9.40 Å². The largest absolute Gasteiger partial charge is 0.318 e. The summed E-state index contributed by atoms with van der Waals surface area (Å²) < 4.78 is 29.3. The molecular weight excluding hydrogens is 310 g/mol. The molecule has 116 valence electrons. The van der Waals surface area contributed by atoms with Crippen molar-refractivity contribution in [2.45, 2.75) is 32.2 Å². The third-order valence-electron chi connectivity index (χ3n) is 3.00. The van der Waals surface area contributed by atoms with Crippen LogP contribution >= 0.6 is 11.3 Å². The van der Waals surface area contributed by atoms with E-state index in [0.717, 1.165) is 11.4 Å². The number of likely N-dealkylation sites (N-methyl/N-ethyl adjacent to an activating group) is 1. The predicted octanol–water partition coefficient (Wildman–Crippen LogP) is 1.29. The van der Waals surface area contributed by atoms with Crippen LogP contribution in [0.2, 0.25) is 0 Å². The molecule has 9 heteroatoms. The molecule has 0 saturated heterocycles. The average Bonchev–Trinajstić information content (AvgIpc) is 2.90. The zero-order chi connectivity index (χ0) is 15.6. The van der Waals surface area contributed by atoms with Crippen molar-refractivity contribution in [2.24, 2.45) is 0 Å². The quantitative estimate of drug-likeness (QED) is 0.833. The number of hydrogen-bond donors (Lipinski definition) is 2. The van der Waals surface area contributed by atoms with Crippen LogP contribution in [0.15, 0.2) is 11.1 Å². The van der Waals surface area contributed by atoms with Gasteiger partial charge in [0.25, 0.3) is 10.0 Å². The molecule has 0 unspecified atom stereocenters. The number of rotatable bonds is 6. The van der Waals surface area contributed by atoms with Gasteiger partial charge in [-0.1, -0.05) is 0 Å². The fourth-order valence-electron chi connectivity index (χ4n) is 2.07. The highest BCUT2D eigenvalue weighted by Gasteiger charge is 2.25. The van der Waals surface area contributed by atoms with Gasteiger partial charge >= 0.3 is 0 Å². The highest BCUT2D eigenvalue weighted by atomic mass is 32.2. The zero-order valence-electron chi connectivity index (χ0n) is 12.5. The molecule has 7 nitrogen and oxygen atoms in total. The van der Waals surface area contributed by atoms with Gasteiger partial charge in [-0.25, -0.2) is 13.4 Å². The highest BCUT2D eigenvalue weighted by molar-refractivity contribution is 7.93. The summed E-state index contributed by atoms with van der Waals surface area (Å²) in [6.07, 6.45) is 1.64. The van der Waals surface area contributed by atoms with Crippen molar-refractivity contribution in [1.82, 2.24) is 20.1 Å². The Hall–Kier alpha value is -1.45. The molecular formula is C12H19N5O2S2. The van der Waals surface area contributed by atoms with E-state index in [2.05, 4.69) is 20.1 Å². The molecule has 2 N–H and O–H groups in total. The number of aryl methyl sites for hydroxylation is 2. The van der Waals surface area contributed by atoms with Gasteiger partial charge in [-0.05, 0) is 27.8 Å². The minimum Gasteiger partial charge on any atom is -0.318 e. The van der Waals surface area contributed by atoms with Crippen LogP contribution < -0.4 is 10.0 Å². The molecule has 0 atom stereocenters. The van der Waals surface area contributed by atoms with Crippen LogP contribution in [0.25, 0.3) is 0 Å². The van der Waals surface area contributed by atoms with Crippen molar-refractivity contribution >= 4 is 26.5 Å². The van der Waals surface area contributed by atoms with Crippen LogP contribution in [-0.2, 0) is 16.6 Å². The van der Waals surface area contributed by atoms with Gasteiger partial charge < -0.3 is 5.32 Å². The summed E-state index contributed by atoms with van der Waals surface area (Å²) in [5.74, 6) is 0. The summed E-state index contributed by atoms with van der Waals surface area (Å²) in [5, 5.41) is 7.69. The lowest BCUT2D eigenvalue weighted by Crippen LogP contribution is -2.18. The molecule has 2 aromatic rings. The van der Waals surface area contributed by atoms with Crippen LogP contribution in [0.3, 0.4) is 0 Å². The molecule has 0 fully saturated rings. The average molecular weight is 329 g/mol. The summed E-state index contributed by atoms with van der Waals surface area (Å²) in [6, 6.07) is 0. The zero-order valence-corrected chi connectivity index (χ0v) is 14.1. The van der Waals surface area contributed by atoms with Gasteiger partial charge in [-0.15, -0.1) is 11.3 Å². The van der Waals surface area contributed by atoms with E-state index >= 15 is 0 Å². The van der Waals surface area contributed by atoms with Gasteiger partial charge in [0, 0.05) is 17.6 Å². The Morgan fingerprint density at radius 2 is 2.05 bits per heavy atom. The molecule has 0 aliphatic rings. The van der Waals surface area contributed by atoms with E-state index in [9.17, 15) is 8.42 Å². The normalized spacial score (nSPS) is 11.8. The van der Waals surface area contributed by atoms with E-state index in [1.807, 2.05) is 14.0 Å². The van der Waals surface area contributed by atoms with Crippen LogP contribution in [0.1, 0.15) is 16.3 Å². The second kappa shape index (κ2) is 6.12. The molecule has 2 heterocycles. The van der Waals surface area contributed by atoms with Gasteiger partial charge in [-0.2, -0.15) is 5.10 Å². The first kappa shape index (κ1) is 15.9. The maximum atomic E-state index is 12.5. The van der Waals surface area contributed by atoms with Gasteiger partial charge in [0.2, 0.25) is 0 Å². The lowest BCUT2D eigenvalue weighted by molar-refractivity contribution is 0.566. The van der Waals surface area contributed by atoms with Crippen LogP contribution in [0.5, 0.6) is 0 Å². The third kappa shape index (κ3) is 3.42. The second-order valence-corrected chi connectivity index (χ2v) is 7.56. The number of thiazole rings is 1. The molecule has 0 aliphatic heterocycles. The van der Waals surface area contributed by atoms with Crippen molar-refractivity contribution in [3.05, 3.63) is 22.5 Å². The first-order chi connectivity index (χ1) is 9.85. The third-order valence-corrected chi connectivity index (χ3v) is 5.55. The van der Waals surface area contributed by atoms with Crippen molar-refractivity contribution in [2.75, 3.05) is 18.3 Å². The topological polar surface area (TPSA) is 88.9 Å². The molecule has 0 amide bonds. The van der Waals surface area contributed by atoms with Crippen molar-refractivity contribution in [1.29, 1.82) is 0 Å². The maximum Gasteiger partial charge on any atom is 0.267 e. The Labute approximate surface area is 128 Å². The van der Waals surface area contributed by atoms with E-state index in [4.69, 9.17) is 0 Å². The Morgan fingerprint density at radius 1 is 1.33 bits per heavy atom. The summed E-state index contributed by atoms with van der Waals surface area (Å²) in [4.78, 5) is 5.21. The number of nitrogens with one attached hydrogen (secondary N) is 2. The molecule has 2 rings (SSSR count). The summed E-state index contributed by atoms with van der Waals surface area (Å²) in [6.45, 7) is 6.68. The van der Waals surface area contributed by atoms with Crippen LogP contribution in [0.4, 0.5) is 5.13 Å². The maximum absolute atomic E-state index is 12.5. The number of nitrogens with zero attached hydrogens (tertiary/aromatic N) is 3. The fraction of sp³-hybridized carbons (Fsp3) is 0.500. The van der Waals surface area contributed by atoms with Gasteiger partial charge in [0.1, 0.15) is 4.90 Å². The Kier molecular flexibility index (Phi) is 4.64. The van der Waals surface area contributed by atoms with E-state index < -0.39 is 10.0 Å². The van der Waals surface area contributed by atoms with E-state index in [1.165, 1.54) is 11.3 Å². The van der Waals surface area contributed by atoms with Crippen LogP contribution in [0, 0.1) is 20.8 Å². The SMILES string of the molecule is CNCCn1nc(C)c(S(=O)(=O)Nc2ncc(C)s2)c1C. The molecule has 0 aliphatic carbocycles. The standard InChI is InChI=1S/C12H19N5O2S2/c1-8-7-14-12(20-8)16-21(18,19)11-9(2)15-17(10(11)3)6-5-13-4/h7,13H,5-6H2,1-4H3,(H,14,16). The van der Waals surface area contributed by atoms with Gasteiger partial charge in [0.15, 0.2) is 5.13 Å². The minimum absolute atomic E-state index is 0.228. The lowest BCUT2D eigenvalue weighted by Gasteiger charge is -2.06. The lowest BCUT2D eigenvalue weighted by atomic mass is 10.4. The second-order valence-electron chi connectivity index (χ2n) is 4.71. The Balaban J connectivity index is 2.33. The first-order valence-electron chi connectivity index (χ1n) is 6.49. The fourth-order valence-corrected chi connectivity index (χ4v) is 4.39. The van der Waals surface area contributed by atoms with E-state index in [0.29, 0.717) is 23.1 Å². The monoisotopic (exact) mass is 329 g/mol. The highest BCUT2D eigenvalue weighted by Crippen LogP contribution is 2.24. The summed E-state index contributed by atoms with van der Waals surface area (Å²) in [5.41, 5.74) is 1.12. The smallest absolute Gasteiger partial charge is 0.267 e. The van der Waals surface area contributed by atoms with E-state index in [1.54, 1.807) is 24.7 Å². The van der Waals surface area contributed by atoms with Crippen molar-refractivity contribution < 1.29 is 8.42 Å². The molecule has 0 aromatic carbocycles. The molecule has 21 heavy (non-hydrogen) atoms. The van der Waals surface area contributed by atoms with E-state index in [-0.39, 0.29) is 4.90 Å². The summed E-state index contributed by atoms with van der Waals surface area (Å²) in [7, 11) is -1.83. The molecule has 0 bridgehead atoms. The predicted molar refractivity (Wildman–Crippen MR) is 83.3 cm³/mol. The molecule has 0 saturated carbocycles. The van der Waals surface area contributed by atoms with Crippen molar-refractivity contribution in [3.63, 3.8) is 0 Å². The number of sulfonamides is 1. The molecule has 2 aromatic heterocycles. The Morgan fingerprint density at radius 3 is 2.62 bits per heavy atom. The first-order valence-corrected chi connectivity index (χ1v) is 8.79. The number of aromatic nitrogens is 3. The minimum atomic E-state index is -3.67. The summed E-state index contributed by atoms with van der Waals surface area (Å²) >= 11 is 1.30.